The molecule has 3 fully saturated rings. The second-order valence-electron chi connectivity index (χ2n) is 9.50. The summed E-state index contributed by atoms with van der Waals surface area (Å²) in [4.78, 5) is 44.3. The first kappa shape index (κ1) is 20.6. The zero-order chi connectivity index (χ0) is 23.3. The highest BCUT2D eigenvalue weighted by atomic mass is 32.2. The molecular formula is C25H18F2N2O3S2. The first-order chi connectivity index (χ1) is 16.4. The fourth-order valence-electron chi connectivity index (χ4n) is 6.90. The predicted octanol–water partition coefficient (Wildman–Crippen LogP) is 4.39. The molecule has 2 aliphatic heterocycles. The number of thiazole rings is 1. The summed E-state index contributed by atoms with van der Waals surface area (Å²) in [7, 11) is 0. The fourth-order valence-corrected chi connectivity index (χ4v) is 9.79. The van der Waals surface area contributed by atoms with Gasteiger partial charge in [-0.15, -0.1) is 11.8 Å². The van der Waals surface area contributed by atoms with Crippen LogP contribution in [0.1, 0.15) is 22.8 Å². The molecule has 1 saturated heterocycles. The van der Waals surface area contributed by atoms with Gasteiger partial charge in [0, 0.05) is 16.0 Å². The van der Waals surface area contributed by atoms with Crippen molar-refractivity contribution >= 4 is 40.6 Å². The quantitative estimate of drug-likeness (QED) is 0.535. The first-order valence-electron chi connectivity index (χ1n) is 11.2. The minimum absolute atomic E-state index is 0.00592. The number of benzene rings is 2. The molecule has 2 amide bonds. The number of fused-ring (bicyclic) bond motifs is 9. The number of rotatable bonds is 2. The Kier molecular flexibility index (Phi) is 4.31. The standard InChI is InChI=1S/C25H18F2N2O3S2/c26-11-3-1-10(2-4-11)16-17-14-9-15(20(17)33-22-21(16)34-25(32)28-22)19-18(14)23(30)29(24(19)31)13-7-5-12(27)6-8-13/h1-8,14-20H,9H2,(H,28,32)/t14-,15-,16-,17-,18+,19-,20+/m1/s1. The molecule has 34 heavy (non-hydrogen) atoms. The number of hydrogen-bond donors (Lipinski definition) is 1. The Labute approximate surface area is 201 Å². The Morgan fingerprint density at radius 3 is 2.15 bits per heavy atom. The summed E-state index contributed by atoms with van der Waals surface area (Å²) in [5.74, 6) is -2.10. The van der Waals surface area contributed by atoms with Crippen LogP contribution >= 0.6 is 23.1 Å². The highest BCUT2D eigenvalue weighted by Gasteiger charge is 2.69. The number of amides is 2. The second-order valence-corrected chi connectivity index (χ2v) is 11.7. The Morgan fingerprint density at radius 1 is 0.853 bits per heavy atom. The molecule has 2 aliphatic carbocycles. The SMILES string of the molecule is O=C1[C@@H]2[C@H]3C[C@@H]([C@@H]2C(=O)N1c1ccc(F)cc1)[C@@H]1[C@@H](c2ccc(F)cc2)c2sc(=O)[nH]c2S[C@@H]31. The van der Waals surface area contributed by atoms with E-state index in [-0.39, 0.29) is 51.4 Å². The maximum Gasteiger partial charge on any atom is 0.305 e. The van der Waals surface area contributed by atoms with Gasteiger partial charge in [-0.2, -0.15) is 0 Å². The van der Waals surface area contributed by atoms with Crippen LogP contribution < -0.4 is 9.77 Å². The number of aromatic amines is 1. The zero-order valence-corrected chi connectivity index (χ0v) is 19.2. The topological polar surface area (TPSA) is 70.2 Å². The molecule has 2 bridgehead atoms. The van der Waals surface area contributed by atoms with E-state index < -0.39 is 17.7 Å². The number of H-pyrrole nitrogens is 1. The lowest BCUT2D eigenvalue weighted by Gasteiger charge is -2.43. The van der Waals surface area contributed by atoms with E-state index in [1.807, 2.05) is 0 Å². The average molecular weight is 497 g/mol. The molecule has 5 nitrogen and oxygen atoms in total. The number of thioether (sulfide) groups is 1. The molecule has 2 saturated carbocycles. The van der Waals surface area contributed by atoms with E-state index in [0.717, 1.165) is 21.9 Å². The van der Waals surface area contributed by atoms with Crippen molar-refractivity contribution in [2.45, 2.75) is 22.6 Å². The van der Waals surface area contributed by atoms with Crippen molar-refractivity contribution in [3.63, 3.8) is 0 Å². The summed E-state index contributed by atoms with van der Waals surface area (Å²) in [5.41, 5.74) is 1.32. The van der Waals surface area contributed by atoms with Gasteiger partial charge >= 0.3 is 4.87 Å². The van der Waals surface area contributed by atoms with Crippen LogP contribution in [0.3, 0.4) is 0 Å². The maximum atomic E-state index is 13.7. The van der Waals surface area contributed by atoms with Crippen molar-refractivity contribution in [3.05, 3.63) is 80.3 Å². The van der Waals surface area contributed by atoms with E-state index in [0.29, 0.717) is 5.69 Å². The summed E-state index contributed by atoms with van der Waals surface area (Å²) < 4.78 is 27.2. The zero-order valence-electron chi connectivity index (χ0n) is 17.6. The molecule has 4 aliphatic rings. The van der Waals surface area contributed by atoms with Crippen LogP contribution in [0.5, 0.6) is 0 Å². The third kappa shape index (κ3) is 2.68. The molecule has 0 radical (unpaired) electrons. The molecule has 7 rings (SSSR count). The first-order valence-corrected chi connectivity index (χ1v) is 12.9. The summed E-state index contributed by atoms with van der Waals surface area (Å²) in [6, 6.07) is 11.8. The number of carbonyl (C=O) groups is 2. The van der Waals surface area contributed by atoms with Gasteiger partial charge in [0.2, 0.25) is 11.8 Å². The van der Waals surface area contributed by atoms with Gasteiger partial charge in [-0.1, -0.05) is 23.5 Å². The number of imide groups is 1. The van der Waals surface area contributed by atoms with Crippen LogP contribution in [-0.4, -0.2) is 22.0 Å². The van der Waals surface area contributed by atoms with E-state index in [1.165, 1.54) is 52.6 Å². The van der Waals surface area contributed by atoms with E-state index in [1.54, 1.807) is 23.9 Å². The third-order valence-electron chi connectivity index (χ3n) is 8.04. The summed E-state index contributed by atoms with van der Waals surface area (Å²) >= 11 is 2.79. The maximum absolute atomic E-state index is 13.7. The molecule has 9 heteroatoms. The van der Waals surface area contributed by atoms with Crippen LogP contribution in [0.4, 0.5) is 14.5 Å². The highest BCUT2D eigenvalue weighted by Crippen LogP contribution is 2.68. The van der Waals surface area contributed by atoms with Gasteiger partial charge in [-0.25, -0.2) is 8.78 Å². The lowest BCUT2D eigenvalue weighted by Crippen LogP contribution is -2.42. The predicted molar refractivity (Wildman–Crippen MR) is 124 cm³/mol. The van der Waals surface area contributed by atoms with Gasteiger partial charge < -0.3 is 4.98 Å². The van der Waals surface area contributed by atoms with Crippen molar-refractivity contribution in [3.8, 4) is 0 Å². The molecule has 1 aromatic heterocycles. The highest BCUT2D eigenvalue weighted by molar-refractivity contribution is 8.00. The van der Waals surface area contributed by atoms with Crippen LogP contribution in [0.2, 0.25) is 0 Å². The largest absolute Gasteiger partial charge is 0.307 e. The van der Waals surface area contributed by atoms with Crippen LogP contribution in [-0.2, 0) is 9.59 Å². The van der Waals surface area contributed by atoms with Crippen molar-refractivity contribution in [1.29, 1.82) is 0 Å². The van der Waals surface area contributed by atoms with Crippen molar-refractivity contribution in [2.24, 2.45) is 29.6 Å². The van der Waals surface area contributed by atoms with Gasteiger partial charge in [-0.05, 0) is 66.1 Å². The normalized spacial score (nSPS) is 33.2. The fraction of sp³-hybridized carbons (Fsp3) is 0.320. The number of carbonyl (C=O) groups excluding carboxylic acids is 2. The Hall–Kier alpha value is -2.78. The van der Waals surface area contributed by atoms with Gasteiger partial charge in [0.05, 0.1) is 22.5 Å². The molecule has 0 unspecified atom stereocenters. The number of halogens is 2. The number of aromatic nitrogens is 1. The number of nitrogens with one attached hydrogen (secondary N) is 1. The van der Waals surface area contributed by atoms with E-state index in [9.17, 15) is 23.2 Å². The molecule has 3 heterocycles. The molecule has 172 valence electrons. The molecule has 3 aromatic rings. The third-order valence-corrected chi connectivity index (χ3v) is 10.6. The summed E-state index contributed by atoms with van der Waals surface area (Å²) in [6.45, 7) is 0. The van der Waals surface area contributed by atoms with Crippen LogP contribution in [0.25, 0.3) is 0 Å². The van der Waals surface area contributed by atoms with E-state index in [4.69, 9.17) is 0 Å². The van der Waals surface area contributed by atoms with E-state index >= 15 is 0 Å². The Bertz CT molecular complexity index is 1400. The van der Waals surface area contributed by atoms with Gasteiger partial charge in [0.1, 0.15) is 11.6 Å². The Balaban J connectivity index is 1.32. The Morgan fingerprint density at radius 2 is 1.47 bits per heavy atom. The van der Waals surface area contributed by atoms with Gasteiger partial charge in [0.15, 0.2) is 0 Å². The number of hydrogen-bond acceptors (Lipinski definition) is 5. The molecule has 0 spiro atoms. The molecular weight excluding hydrogens is 478 g/mol. The molecule has 7 atom stereocenters. The van der Waals surface area contributed by atoms with Crippen LogP contribution in [0, 0.1) is 41.2 Å². The minimum atomic E-state index is -0.426. The lowest BCUT2D eigenvalue weighted by atomic mass is 9.68. The average Bonchev–Trinajstić information content (AvgIpc) is 3.54. The minimum Gasteiger partial charge on any atom is -0.307 e. The van der Waals surface area contributed by atoms with Crippen molar-refractivity contribution < 1.29 is 18.4 Å². The number of nitrogens with zero attached hydrogens (tertiary/aromatic N) is 1. The smallest absolute Gasteiger partial charge is 0.305 e. The summed E-state index contributed by atoms with van der Waals surface area (Å²) in [6.07, 6.45) is 0.781. The van der Waals surface area contributed by atoms with Crippen LogP contribution in [0.15, 0.2) is 58.4 Å². The van der Waals surface area contributed by atoms with Crippen molar-refractivity contribution in [2.75, 3.05) is 4.90 Å². The number of anilines is 1. The van der Waals surface area contributed by atoms with Crippen molar-refractivity contribution in [1.82, 2.24) is 4.98 Å². The summed E-state index contributed by atoms with van der Waals surface area (Å²) in [5, 5.41) is 0.894. The lowest BCUT2D eigenvalue weighted by molar-refractivity contribution is -0.123. The monoisotopic (exact) mass is 496 g/mol. The van der Waals surface area contributed by atoms with Gasteiger partial charge in [0.25, 0.3) is 0 Å². The molecule has 2 aromatic carbocycles. The van der Waals surface area contributed by atoms with E-state index in [2.05, 4.69) is 4.98 Å². The van der Waals surface area contributed by atoms with Gasteiger partial charge in [-0.3, -0.25) is 19.3 Å². The molecule has 1 N–H and O–H groups in total. The second kappa shape index (κ2) is 7.11.